The smallest absolute Gasteiger partial charge is 0.255 e. The van der Waals surface area contributed by atoms with Crippen LogP contribution in [0, 0.1) is 0 Å². The zero-order valence-corrected chi connectivity index (χ0v) is 18.7. The third-order valence-corrected chi connectivity index (χ3v) is 6.15. The maximum absolute atomic E-state index is 13.7. The number of hydrogen-bond donors (Lipinski definition) is 1. The minimum atomic E-state index is -1.10. The van der Waals surface area contributed by atoms with Crippen LogP contribution in [-0.4, -0.2) is 34.2 Å². The van der Waals surface area contributed by atoms with Crippen molar-refractivity contribution >= 4 is 29.1 Å². The van der Waals surface area contributed by atoms with Gasteiger partial charge in [0.2, 0.25) is 0 Å². The number of hydrogen-bond acceptors (Lipinski definition) is 3. The van der Waals surface area contributed by atoms with E-state index in [0.29, 0.717) is 22.9 Å². The largest absolute Gasteiger partial charge is 0.394 e. The Bertz CT molecular complexity index is 898. The van der Waals surface area contributed by atoms with Crippen molar-refractivity contribution in [1.82, 2.24) is 4.90 Å². The molecular weight excluding hydrogens is 421 g/mol. The van der Waals surface area contributed by atoms with Crippen molar-refractivity contribution in [1.29, 1.82) is 0 Å². The first-order valence-corrected chi connectivity index (χ1v) is 10.8. The van der Waals surface area contributed by atoms with Crippen molar-refractivity contribution < 1.29 is 14.6 Å². The lowest BCUT2D eigenvalue weighted by molar-refractivity contribution is -0.203. The zero-order valence-electron chi connectivity index (χ0n) is 17.2. The van der Waals surface area contributed by atoms with Crippen molar-refractivity contribution in [3.8, 4) is 0 Å². The summed E-state index contributed by atoms with van der Waals surface area (Å²) >= 11 is 12.4. The Morgan fingerprint density at radius 1 is 1.20 bits per heavy atom. The van der Waals surface area contributed by atoms with E-state index in [9.17, 15) is 9.90 Å². The van der Waals surface area contributed by atoms with Crippen LogP contribution >= 0.6 is 23.2 Å². The molecule has 1 aliphatic rings. The van der Waals surface area contributed by atoms with Gasteiger partial charge in [-0.3, -0.25) is 4.79 Å². The van der Waals surface area contributed by atoms with Crippen LogP contribution < -0.4 is 0 Å². The van der Waals surface area contributed by atoms with Gasteiger partial charge in [-0.1, -0.05) is 60.5 Å². The average molecular weight is 448 g/mol. The van der Waals surface area contributed by atoms with Gasteiger partial charge in [-0.25, -0.2) is 0 Å². The molecule has 1 unspecified atom stereocenters. The quantitative estimate of drug-likeness (QED) is 0.550. The lowest BCUT2D eigenvalue weighted by Crippen LogP contribution is -2.60. The van der Waals surface area contributed by atoms with Gasteiger partial charge in [0.05, 0.1) is 18.7 Å². The summed E-state index contributed by atoms with van der Waals surface area (Å²) in [4.78, 5) is 15.5. The van der Waals surface area contributed by atoms with E-state index >= 15 is 0 Å². The molecule has 1 saturated heterocycles. The molecule has 0 aromatic heterocycles. The first kappa shape index (κ1) is 22.8. The molecule has 0 saturated carbocycles. The maximum atomic E-state index is 13.7. The number of aliphatic hydroxyl groups is 1. The minimum absolute atomic E-state index is 0.140. The monoisotopic (exact) mass is 447 g/mol. The van der Waals surface area contributed by atoms with Crippen LogP contribution in [0.5, 0.6) is 0 Å². The van der Waals surface area contributed by atoms with Crippen molar-refractivity contribution in [2.45, 2.75) is 50.5 Å². The third kappa shape index (κ3) is 4.42. The number of carbonyl (C=O) groups excluding carboxylic acids is 1. The number of aliphatic hydroxyl groups excluding tert-OH is 1. The second kappa shape index (κ2) is 9.52. The Morgan fingerprint density at radius 2 is 1.90 bits per heavy atom. The molecule has 1 N–H and O–H groups in total. The number of benzene rings is 2. The summed E-state index contributed by atoms with van der Waals surface area (Å²) in [5.41, 5.74) is 0.647. The minimum Gasteiger partial charge on any atom is -0.394 e. The fourth-order valence-electron chi connectivity index (χ4n) is 4.09. The summed E-state index contributed by atoms with van der Waals surface area (Å²) in [6, 6.07) is 14.1. The lowest BCUT2D eigenvalue weighted by Gasteiger charge is -2.51. The topological polar surface area (TPSA) is 49.8 Å². The number of ether oxygens (including phenoxy) is 1. The third-order valence-electron chi connectivity index (χ3n) is 5.66. The zero-order chi connectivity index (χ0) is 21.9. The van der Waals surface area contributed by atoms with E-state index in [0.717, 1.165) is 11.1 Å². The van der Waals surface area contributed by atoms with Gasteiger partial charge in [0.25, 0.3) is 5.91 Å². The van der Waals surface area contributed by atoms with Crippen LogP contribution in [0.25, 0.3) is 0 Å². The molecular formula is C24H27Cl2NO3. The Labute approximate surface area is 188 Å². The van der Waals surface area contributed by atoms with Crippen molar-refractivity contribution in [2.24, 2.45) is 0 Å². The van der Waals surface area contributed by atoms with Crippen LogP contribution in [0.15, 0.2) is 61.2 Å². The van der Waals surface area contributed by atoms with E-state index in [4.69, 9.17) is 27.9 Å². The number of halogens is 2. The predicted molar refractivity (Wildman–Crippen MR) is 121 cm³/mol. The molecule has 0 spiro atoms. The molecule has 0 radical (unpaired) electrons. The van der Waals surface area contributed by atoms with Gasteiger partial charge in [-0.05, 0) is 48.7 Å². The van der Waals surface area contributed by atoms with Crippen molar-refractivity contribution in [3.05, 3.63) is 82.4 Å². The molecule has 1 aliphatic heterocycles. The fraction of sp³-hybridized carbons (Fsp3) is 0.375. The highest BCUT2D eigenvalue weighted by atomic mass is 35.5. The standard InChI is InChI=1S/C24H27Cl2NO3/c1-4-13-24(3)23(29)27(20(5-2)15-28)21(16-9-11-18(25)12-10-16)22(30-24)17-7-6-8-19(26)14-17/h4,6-12,14,20-22,28H,1,5,13,15H2,2-3H3/t20?,21-,22-,24-/m1/s1. The van der Waals surface area contributed by atoms with Gasteiger partial charge in [-0.2, -0.15) is 0 Å². The van der Waals surface area contributed by atoms with E-state index in [1.165, 1.54) is 0 Å². The highest BCUT2D eigenvalue weighted by Gasteiger charge is 2.51. The maximum Gasteiger partial charge on any atom is 0.255 e. The molecule has 1 fully saturated rings. The van der Waals surface area contributed by atoms with E-state index in [1.807, 2.05) is 37.3 Å². The number of amides is 1. The van der Waals surface area contributed by atoms with E-state index < -0.39 is 17.7 Å². The molecule has 4 nitrogen and oxygen atoms in total. The second-order valence-corrected chi connectivity index (χ2v) is 8.64. The fourth-order valence-corrected chi connectivity index (χ4v) is 4.41. The predicted octanol–water partition coefficient (Wildman–Crippen LogP) is 5.74. The van der Waals surface area contributed by atoms with Gasteiger partial charge in [0, 0.05) is 16.5 Å². The van der Waals surface area contributed by atoms with Crippen molar-refractivity contribution in [3.63, 3.8) is 0 Å². The normalized spacial score (nSPS) is 25.2. The lowest BCUT2D eigenvalue weighted by atomic mass is 9.86. The molecule has 4 atom stereocenters. The van der Waals surface area contributed by atoms with E-state index in [2.05, 4.69) is 6.58 Å². The Hall–Kier alpha value is -1.85. The van der Waals surface area contributed by atoms with Gasteiger partial charge < -0.3 is 14.7 Å². The first-order valence-electron chi connectivity index (χ1n) is 10.1. The number of morpholine rings is 1. The number of rotatable bonds is 7. The summed E-state index contributed by atoms with van der Waals surface area (Å²) < 4.78 is 6.50. The van der Waals surface area contributed by atoms with Gasteiger partial charge in [0.15, 0.2) is 0 Å². The highest BCUT2D eigenvalue weighted by Crippen LogP contribution is 2.47. The number of nitrogens with zero attached hydrogens (tertiary/aromatic N) is 1. The Kier molecular flexibility index (Phi) is 7.25. The SMILES string of the molecule is C=CC[C@@]1(C)O[C@H](c2cccc(Cl)c2)[C@@H](c2ccc(Cl)cc2)N(C(CC)CO)C1=O. The molecule has 1 heterocycles. The molecule has 0 aliphatic carbocycles. The van der Waals surface area contributed by atoms with Crippen LogP contribution in [0.2, 0.25) is 10.0 Å². The van der Waals surface area contributed by atoms with Crippen molar-refractivity contribution in [2.75, 3.05) is 6.61 Å². The average Bonchev–Trinajstić information content (AvgIpc) is 2.73. The van der Waals surface area contributed by atoms with E-state index in [1.54, 1.807) is 36.1 Å². The summed E-state index contributed by atoms with van der Waals surface area (Å²) in [7, 11) is 0. The van der Waals surface area contributed by atoms with Crippen LogP contribution in [0.1, 0.15) is 50.0 Å². The van der Waals surface area contributed by atoms with Crippen LogP contribution in [0.4, 0.5) is 0 Å². The molecule has 160 valence electrons. The van der Waals surface area contributed by atoms with Gasteiger partial charge in [0.1, 0.15) is 11.7 Å². The molecule has 30 heavy (non-hydrogen) atoms. The molecule has 2 aromatic rings. The molecule has 2 aromatic carbocycles. The first-order chi connectivity index (χ1) is 14.3. The molecule has 0 bridgehead atoms. The second-order valence-electron chi connectivity index (χ2n) is 7.77. The summed E-state index contributed by atoms with van der Waals surface area (Å²) in [6.45, 7) is 7.41. The van der Waals surface area contributed by atoms with Gasteiger partial charge in [-0.15, -0.1) is 6.58 Å². The molecule has 1 amide bonds. The molecule has 3 rings (SSSR count). The van der Waals surface area contributed by atoms with Crippen LogP contribution in [-0.2, 0) is 9.53 Å². The Balaban J connectivity index is 2.22. The van der Waals surface area contributed by atoms with E-state index in [-0.39, 0.29) is 18.6 Å². The summed E-state index contributed by atoms with van der Waals surface area (Å²) in [5.74, 6) is -0.165. The summed E-state index contributed by atoms with van der Waals surface area (Å²) in [6.07, 6.45) is 2.18. The number of carbonyl (C=O) groups is 1. The Morgan fingerprint density at radius 3 is 2.47 bits per heavy atom. The summed E-state index contributed by atoms with van der Waals surface area (Å²) in [5, 5.41) is 11.3. The highest BCUT2D eigenvalue weighted by molar-refractivity contribution is 6.30. The van der Waals surface area contributed by atoms with Crippen LogP contribution in [0.3, 0.4) is 0 Å². The van der Waals surface area contributed by atoms with Gasteiger partial charge >= 0.3 is 0 Å². The molecule has 6 heteroatoms.